The Hall–Kier alpha value is -1.39. The third-order valence-electron chi connectivity index (χ3n) is 2.47. The highest BCUT2D eigenvalue weighted by Gasteiger charge is 2.03. The topological polar surface area (TPSA) is 51.8 Å². The van der Waals surface area contributed by atoms with Crippen LogP contribution >= 0.6 is 11.8 Å². The number of benzene rings is 1. The van der Waals surface area contributed by atoms with Gasteiger partial charge in [0.05, 0.1) is 0 Å². The first-order valence-electron chi connectivity index (χ1n) is 5.49. The first kappa shape index (κ1) is 12.1. The smallest absolute Gasteiger partial charge is 0.188 e. The van der Waals surface area contributed by atoms with Gasteiger partial charge in [-0.15, -0.1) is 0 Å². The summed E-state index contributed by atoms with van der Waals surface area (Å²) in [5.74, 6) is 0.858. The molecule has 0 spiro atoms. The summed E-state index contributed by atoms with van der Waals surface area (Å²) in [5.41, 5.74) is 9.14. The van der Waals surface area contributed by atoms with Gasteiger partial charge in [0.2, 0.25) is 0 Å². The molecule has 2 aromatic rings. The molecule has 4 heteroatoms. The standard InChI is InChI=1S/C13H15N3S/c1-10-6-7-15-13(16-10)17-9-12-5-3-2-4-11(12)8-14/h2-7H,8-9,14H2,1H3. The summed E-state index contributed by atoms with van der Waals surface area (Å²) in [6.07, 6.45) is 1.79. The Kier molecular flexibility index (Phi) is 4.12. The molecule has 0 amide bonds. The van der Waals surface area contributed by atoms with Crippen molar-refractivity contribution in [2.75, 3.05) is 0 Å². The summed E-state index contributed by atoms with van der Waals surface area (Å²) >= 11 is 1.64. The molecule has 0 fully saturated rings. The molecular weight excluding hydrogens is 230 g/mol. The van der Waals surface area contributed by atoms with Gasteiger partial charge in [-0.05, 0) is 24.1 Å². The summed E-state index contributed by atoms with van der Waals surface area (Å²) in [6, 6.07) is 10.1. The minimum absolute atomic E-state index is 0.575. The Bertz CT molecular complexity index is 500. The lowest BCUT2D eigenvalue weighted by Gasteiger charge is -2.06. The molecule has 1 heterocycles. The fourth-order valence-electron chi connectivity index (χ4n) is 1.54. The number of aryl methyl sites for hydroxylation is 1. The third kappa shape index (κ3) is 3.28. The van der Waals surface area contributed by atoms with E-state index in [1.807, 2.05) is 25.1 Å². The van der Waals surface area contributed by atoms with Crippen LogP contribution in [-0.2, 0) is 12.3 Å². The van der Waals surface area contributed by atoms with E-state index < -0.39 is 0 Å². The van der Waals surface area contributed by atoms with Crippen LogP contribution in [0.2, 0.25) is 0 Å². The van der Waals surface area contributed by atoms with E-state index in [9.17, 15) is 0 Å². The van der Waals surface area contributed by atoms with Crippen LogP contribution in [0.3, 0.4) is 0 Å². The Balaban J connectivity index is 2.07. The summed E-state index contributed by atoms with van der Waals surface area (Å²) in [4.78, 5) is 8.60. The zero-order valence-corrected chi connectivity index (χ0v) is 10.6. The van der Waals surface area contributed by atoms with E-state index >= 15 is 0 Å². The van der Waals surface area contributed by atoms with Gasteiger partial charge in [-0.25, -0.2) is 9.97 Å². The van der Waals surface area contributed by atoms with Crippen molar-refractivity contribution in [3.63, 3.8) is 0 Å². The van der Waals surface area contributed by atoms with Crippen LogP contribution in [0.4, 0.5) is 0 Å². The van der Waals surface area contributed by atoms with Gasteiger partial charge in [-0.3, -0.25) is 0 Å². The zero-order valence-electron chi connectivity index (χ0n) is 9.76. The summed E-state index contributed by atoms with van der Waals surface area (Å²) in [6.45, 7) is 2.55. The molecule has 0 atom stereocenters. The maximum atomic E-state index is 5.70. The van der Waals surface area contributed by atoms with Crippen molar-refractivity contribution in [3.8, 4) is 0 Å². The molecule has 88 valence electrons. The van der Waals surface area contributed by atoms with Crippen molar-refractivity contribution >= 4 is 11.8 Å². The van der Waals surface area contributed by atoms with Crippen molar-refractivity contribution in [2.24, 2.45) is 5.73 Å². The molecule has 0 aliphatic carbocycles. The van der Waals surface area contributed by atoms with Gasteiger partial charge in [0.1, 0.15) is 0 Å². The van der Waals surface area contributed by atoms with E-state index in [1.165, 1.54) is 11.1 Å². The van der Waals surface area contributed by atoms with Gasteiger partial charge >= 0.3 is 0 Å². The van der Waals surface area contributed by atoms with Gasteiger partial charge < -0.3 is 5.73 Å². The Morgan fingerprint density at radius 1 is 1.18 bits per heavy atom. The maximum absolute atomic E-state index is 5.70. The van der Waals surface area contributed by atoms with Gasteiger partial charge in [0.15, 0.2) is 5.16 Å². The van der Waals surface area contributed by atoms with Crippen LogP contribution in [0.1, 0.15) is 16.8 Å². The minimum Gasteiger partial charge on any atom is -0.326 e. The average Bonchev–Trinajstić information content (AvgIpc) is 2.37. The second-order valence-corrected chi connectivity index (χ2v) is 4.68. The van der Waals surface area contributed by atoms with E-state index in [2.05, 4.69) is 22.1 Å². The maximum Gasteiger partial charge on any atom is 0.188 e. The van der Waals surface area contributed by atoms with Crippen LogP contribution in [0, 0.1) is 6.92 Å². The molecular formula is C13H15N3S. The van der Waals surface area contributed by atoms with Crippen molar-refractivity contribution in [3.05, 3.63) is 53.3 Å². The number of nitrogens with zero attached hydrogens (tertiary/aromatic N) is 2. The second kappa shape index (κ2) is 5.80. The third-order valence-corrected chi connectivity index (χ3v) is 3.38. The van der Waals surface area contributed by atoms with Crippen molar-refractivity contribution < 1.29 is 0 Å². The van der Waals surface area contributed by atoms with Crippen molar-refractivity contribution in [1.82, 2.24) is 9.97 Å². The van der Waals surface area contributed by atoms with Crippen LogP contribution in [0.25, 0.3) is 0 Å². The first-order chi connectivity index (χ1) is 8.29. The molecule has 1 aromatic carbocycles. The Morgan fingerprint density at radius 3 is 2.65 bits per heavy atom. The molecule has 1 aromatic heterocycles. The highest BCUT2D eigenvalue weighted by atomic mass is 32.2. The fraction of sp³-hybridized carbons (Fsp3) is 0.231. The number of rotatable bonds is 4. The quantitative estimate of drug-likeness (QED) is 0.664. The zero-order chi connectivity index (χ0) is 12.1. The summed E-state index contributed by atoms with van der Waals surface area (Å²) < 4.78 is 0. The molecule has 3 nitrogen and oxygen atoms in total. The van der Waals surface area contributed by atoms with Gasteiger partial charge in [0, 0.05) is 24.2 Å². The van der Waals surface area contributed by atoms with E-state index in [-0.39, 0.29) is 0 Å². The van der Waals surface area contributed by atoms with Crippen LogP contribution in [-0.4, -0.2) is 9.97 Å². The summed E-state index contributed by atoms with van der Waals surface area (Å²) in [5, 5.41) is 0.817. The summed E-state index contributed by atoms with van der Waals surface area (Å²) in [7, 11) is 0. The first-order valence-corrected chi connectivity index (χ1v) is 6.47. The lowest BCUT2D eigenvalue weighted by atomic mass is 10.1. The number of hydrogen-bond acceptors (Lipinski definition) is 4. The van der Waals surface area contributed by atoms with Crippen molar-refractivity contribution in [2.45, 2.75) is 24.4 Å². The Morgan fingerprint density at radius 2 is 1.94 bits per heavy atom. The molecule has 0 aliphatic heterocycles. The van der Waals surface area contributed by atoms with Crippen LogP contribution in [0.15, 0.2) is 41.7 Å². The van der Waals surface area contributed by atoms with E-state index in [0.717, 1.165) is 16.6 Å². The molecule has 0 saturated carbocycles. The normalized spacial score (nSPS) is 10.5. The molecule has 0 unspecified atom stereocenters. The molecule has 0 aliphatic rings. The molecule has 0 radical (unpaired) electrons. The predicted octanol–water partition coefficient (Wildman–Crippen LogP) is 2.54. The van der Waals surface area contributed by atoms with E-state index in [0.29, 0.717) is 6.54 Å². The van der Waals surface area contributed by atoms with Gasteiger partial charge in [-0.1, -0.05) is 36.0 Å². The molecule has 17 heavy (non-hydrogen) atoms. The second-order valence-electron chi connectivity index (χ2n) is 3.74. The average molecular weight is 245 g/mol. The lowest BCUT2D eigenvalue weighted by molar-refractivity contribution is 0.931. The molecule has 2 rings (SSSR count). The Labute approximate surface area is 105 Å². The number of aromatic nitrogens is 2. The highest BCUT2D eigenvalue weighted by molar-refractivity contribution is 7.98. The number of hydrogen-bond donors (Lipinski definition) is 1. The van der Waals surface area contributed by atoms with Crippen molar-refractivity contribution in [1.29, 1.82) is 0 Å². The molecule has 2 N–H and O–H groups in total. The molecule has 0 bridgehead atoms. The highest BCUT2D eigenvalue weighted by Crippen LogP contribution is 2.21. The van der Waals surface area contributed by atoms with E-state index in [1.54, 1.807) is 18.0 Å². The monoisotopic (exact) mass is 245 g/mol. The van der Waals surface area contributed by atoms with E-state index in [4.69, 9.17) is 5.73 Å². The SMILES string of the molecule is Cc1ccnc(SCc2ccccc2CN)n1. The molecule has 0 saturated heterocycles. The fourth-order valence-corrected chi connectivity index (χ4v) is 2.45. The van der Waals surface area contributed by atoms with Gasteiger partial charge in [-0.2, -0.15) is 0 Å². The van der Waals surface area contributed by atoms with Gasteiger partial charge in [0.25, 0.3) is 0 Å². The lowest BCUT2D eigenvalue weighted by Crippen LogP contribution is -2.00. The van der Waals surface area contributed by atoms with Crippen LogP contribution in [0.5, 0.6) is 0 Å². The van der Waals surface area contributed by atoms with Crippen LogP contribution < -0.4 is 5.73 Å². The minimum atomic E-state index is 0.575. The number of thioether (sulfide) groups is 1. The predicted molar refractivity (Wildman–Crippen MR) is 70.7 cm³/mol. The number of nitrogens with two attached hydrogens (primary N) is 1. The largest absolute Gasteiger partial charge is 0.326 e.